The van der Waals surface area contributed by atoms with E-state index in [1.54, 1.807) is 7.11 Å². The lowest BCUT2D eigenvalue weighted by Gasteiger charge is -2.15. The molecule has 1 amide bonds. The summed E-state index contributed by atoms with van der Waals surface area (Å²) in [5.74, 6) is 0. The van der Waals surface area contributed by atoms with E-state index in [-0.39, 0.29) is 22.9 Å². The molecule has 1 aromatic carbocycles. The molecule has 0 aliphatic heterocycles. The molecule has 1 heterocycles. The fraction of sp³-hybridized carbons (Fsp3) is 0.412. The second kappa shape index (κ2) is 8.75. The Morgan fingerprint density at radius 1 is 1.12 bits per heavy atom. The Hall–Kier alpha value is -2.22. The zero-order valence-corrected chi connectivity index (χ0v) is 14.3. The number of methoxy groups -OCH3 is 1. The monoisotopic (exact) mass is 360 g/mol. The fourth-order valence-electron chi connectivity index (χ4n) is 1.85. The number of benzene rings is 1. The fourth-order valence-corrected chi connectivity index (χ4v) is 1.85. The van der Waals surface area contributed by atoms with E-state index in [2.05, 4.69) is 4.98 Å². The number of aromatic nitrogens is 1. The lowest BCUT2D eigenvalue weighted by atomic mass is 10.1. The number of amides is 1. The maximum Gasteiger partial charge on any atom is 0.282 e. The highest BCUT2D eigenvalue weighted by Gasteiger charge is 2.25. The van der Waals surface area contributed by atoms with Gasteiger partial charge in [0.25, 0.3) is 12.9 Å². The van der Waals surface area contributed by atoms with Crippen LogP contribution in [0.5, 0.6) is 0 Å². The highest BCUT2D eigenvalue weighted by Crippen LogP contribution is 2.38. The molecule has 4 nitrogen and oxygen atoms in total. The van der Waals surface area contributed by atoms with Crippen LogP contribution in [0.2, 0.25) is 0 Å². The second-order valence-corrected chi connectivity index (χ2v) is 5.98. The Labute approximate surface area is 143 Å². The van der Waals surface area contributed by atoms with Crippen LogP contribution in [-0.2, 0) is 9.53 Å². The van der Waals surface area contributed by atoms with Crippen molar-refractivity contribution in [1.29, 1.82) is 0 Å². The highest BCUT2D eigenvalue weighted by atomic mass is 19.3. The number of rotatable bonds is 4. The van der Waals surface area contributed by atoms with Gasteiger partial charge in [0.1, 0.15) is 5.69 Å². The van der Waals surface area contributed by atoms with Crippen molar-refractivity contribution in [1.82, 2.24) is 4.98 Å². The Morgan fingerprint density at radius 3 is 2.12 bits per heavy atom. The van der Waals surface area contributed by atoms with E-state index < -0.39 is 29.8 Å². The van der Waals surface area contributed by atoms with Crippen LogP contribution in [0.4, 0.5) is 23.2 Å². The van der Waals surface area contributed by atoms with Crippen molar-refractivity contribution >= 4 is 23.0 Å². The van der Waals surface area contributed by atoms with Gasteiger partial charge in [-0.1, -0.05) is 18.2 Å². The number of carbonyl (C=O) groups excluding carboxylic acids is 1. The van der Waals surface area contributed by atoms with Gasteiger partial charge in [-0.15, -0.1) is 0 Å². The first kappa shape index (κ1) is 20.8. The smallest absolute Gasteiger partial charge is 0.282 e. The minimum atomic E-state index is -3.07. The van der Waals surface area contributed by atoms with Gasteiger partial charge < -0.3 is 10.1 Å². The lowest BCUT2D eigenvalue weighted by Crippen LogP contribution is -2.15. The van der Waals surface area contributed by atoms with E-state index >= 15 is 0 Å². The van der Waals surface area contributed by atoms with Gasteiger partial charge in [-0.3, -0.25) is 4.79 Å². The molecule has 0 fully saturated rings. The van der Waals surface area contributed by atoms with E-state index in [9.17, 15) is 22.4 Å². The highest BCUT2D eigenvalue weighted by molar-refractivity contribution is 5.91. The molecule has 2 rings (SSSR count). The summed E-state index contributed by atoms with van der Waals surface area (Å²) in [7, 11) is 1.71. The number of pyridine rings is 1. The van der Waals surface area contributed by atoms with Crippen LogP contribution in [0, 0.1) is 0 Å². The largest absolute Gasteiger partial charge is 0.379 e. The van der Waals surface area contributed by atoms with Gasteiger partial charge in [-0.2, -0.15) is 0 Å². The van der Waals surface area contributed by atoms with Crippen LogP contribution in [0.25, 0.3) is 10.9 Å². The molecule has 0 radical (unpaired) electrons. The van der Waals surface area contributed by atoms with Gasteiger partial charge in [-0.25, -0.2) is 22.5 Å². The van der Waals surface area contributed by atoms with Crippen LogP contribution in [-0.4, -0.2) is 24.1 Å². The number of fused-ring (bicyclic) bond motifs is 1. The number of ether oxygens (including phenoxy) is 1. The minimum absolute atomic E-state index is 0.0320. The third-order valence-electron chi connectivity index (χ3n) is 3.20. The maximum atomic E-state index is 13.1. The summed E-state index contributed by atoms with van der Waals surface area (Å²) in [6.45, 7) is 6.06. The van der Waals surface area contributed by atoms with E-state index in [1.165, 1.54) is 24.3 Å². The molecule has 0 unspecified atom stereocenters. The average molecular weight is 360 g/mol. The van der Waals surface area contributed by atoms with Crippen molar-refractivity contribution in [2.75, 3.05) is 12.4 Å². The minimum Gasteiger partial charge on any atom is -0.379 e. The number of halogens is 4. The molecule has 1 aromatic heterocycles. The number of anilines is 1. The average Bonchev–Trinajstić information content (AvgIpc) is 2.53. The molecule has 25 heavy (non-hydrogen) atoms. The van der Waals surface area contributed by atoms with Crippen LogP contribution in [0.15, 0.2) is 24.3 Å². The molecule has 138 valence electrons. The summed E-state index contributed by atoms with van der Waals surface area (Å²) in [5, 5.41) is 1.93. The normalized spacial score (nSPS) is 11.4. The maximum absolute atomic E-state index is 13.1. The van der Waals surface area contributed by atoms with E-state index in [1.807, 2.05) is 26.1 Å². The van der Waals surface area contributed by atoms with E-state index in [0.29, 0.717) is 0 Å². The van der Waals surface area contributed by atoms with Crippen molar-refractivity contribution in [3.05, 3.63) is 35.5 Å². The molecule has 8 heteroatoms. The van der Waals surface area contributed by atoms with Gasteiger partial charge in [0.05, 0.1) is 22.4 Å². The van der Waals surface area contributed by atoms with Crippen molar-refractivity contribution in [2.24, 2.45) is 0 Å². The summed E-state index contributed by atoms with van der Waals surface area (Å²) in [4.78, 5) is 14.1. The predicted molar refractivity (Wildman–Crippen MR) is 88.1 cm³/mol. The summed E-state index contributed by atoms with van der Waals surface area (Å²) < 4.78 is 56.8. The number of nitrogens with one attached hydrogen (secondary N) is 1. The third kappa shape index (κ3) is 5.67. The van der Waals surface area contributed by atoms with Crippen LogP contribution < -0.4 is 5.32 Å². The number of alkyl halides is 4. The van der Waals surface area contributed by atoms with E-state index in [4.69, 9.17) is 4.74 Å². The Morgan fingerprint density at radius 2 is 1.68 bits per heavy atom. The zero-order chi connectivity index (χ0) is 19.2. The lowest BCUT2D eigenvalue weighted by molar-refractivity contribution is -0.105. The standard InChI is InChI=1S/C12H8F4N2O.C5H12O/c13-11(14)8-6-3-1-2-4-7(6)18-10(12(15)16)9(8)17-5-19;1-5(2,3)6-4/h1-5,11-12H,(H,17,19);1-4H3. The van der Waals surface area contributed by atoms with Gasteiger partial charge in [0, 0.05) is 12.5 Å². The van der Waals surface area contributed by atoms with Crippen molar-refractivity contribution < 1.29 is 27.1 Å². The summed E-state index contributed by atoms with van der Waals surface area (Å²) in [6.07, 6.45) is -6.00. The van der Waals surface area contributed by atoms with Gasteiger partial charge >= 0.3 is 0 Å². The van der Waals surface area contributed by atoms with Crippen LogP contribution in [0.3, 0.4) is 0 Å². The van der Waals surface area contributed by atoms with Crippen molar-refractivity contribution in [2.45, 2.75) is 39.2 Å². The van der Waals surface area contributed by atoms with Gasteiger partial charge in [0.15, 0.2) is 0 Å². The predicted octanol–water partition coefficient (Wildman–Crippen LogP) is 5.11. The molecule has 0 spiro atoms. The van der Waals surface area contributed by atoms with Crippen molar-refractivity contribution in [3.8, 4) is 0 Å². The number of carbonyl (C=O) groups is 1. The molecule has 1 N–H and O–H groups in total. The molecule has 0 aliphatic carbocycles. The van der Waals surface area contributed by atoms with Gasteiger partial charge in [-0.05, 0) is 26.8 Å². The molecule has 0 bridgehead atoms. The molecule has 0 aliphatic rings. The Bertz CT molecular complexity index is 716. The first-order valence-electron chi connectivity index (χ1n) is 7.36. The van der Waals surface area contributed by atoms with Crippen molar-refractivity contribution in [3.63, 3.8) is 0 Å². The molecular formula is C17H20F4N2O2. The number of hydrogen-bond acceptors (Lipinski definition) is 3. The van der Waals surface area contributed by atoms with Crippen LogP contribution in [0.1, 0.15) is 44.9 Å². The zero-order valence-electron chi connectivity index (χ0n) is 14.3. The topological polar surface area (TPSA) is 51.2 Å². The summed E-state index contributed by atoms with van der Waals surface area (Å²) in [6, 6.07) is 5.70. The Kier molecular flexibility index (Phi) is 7.29. The van der Waals surface area contributed by atoms with Gasteiger partial charge in [0.2, 0.25) is 6.41 Å². The molecule has 2 aromatic rings. The first-order chi connectivity index (χ1) is 11.6. The summed E-state index contributed by atoms with van der Waals surface area (Å²) in [5.41, 5.74) is -2.06. The van der Waals surface area contributed by atoms with Crippen LogP contribution >= 0.6 is 0 Å². The summed E-state index contributed by atoms with van der Waals surface area (Å²) >= 11 is 0. The first-order valence-corrected chi connectivity index (χ1v) is 7.36. The number of nitrogens with zero attached hydrogens (tertiary/aromatic N) is 1. The second-order valence-electron chi connectivity index (χ2n) is 5.98. The number of hydrogen-bond donors (Lipinski definition) is 1. The quantitative estimate of drug-likeness (QED) is 0.609. The molecule has 0 saturated heterocycles. The Balaban J connectivity index is 0.000000450. The molecular weight excluding hydrogens is 340 g/mol. The molecule has 0 saturated carbocycles. The number of para-hydroxylation sites is 1. The molecule has 0 atom stereocenters. The third-order valence-corrected chi connectivity index (χ3v) is 3.20. The van der Waals surface area contributed by atoms with E-state index in [0.717, 1.165) is 0 Å². The SMILES string of the molecule is COC(C)(C)C.O=CNc1c(C(F)F)nc2ccccc2c1C(F)F.